The van der Waals surface area contributed by atoms with Crippen molar-refractivity contribution in [2.45, 2.75) is 31.1 Å². The fourth-order valence-corrected chi connectivity index (χ4v) is 3.89. The highest BCUT2D eigenvalue weighted by Crippen LogP contribution is 2.40. The lowest BCUT2D eigenvalue weighted by atomic mass is 9.98. The monoisotopic (exact) mass is 334 g/mol. The normalized spacial score (nSPS) is 17.2. The second-order valence-corrected chi connectivity index (χ2v) is 7.24. The fraction of sp³-hybridized carbons (Fsp3) is 0.235. The standard InChI is InChI=1S/C17H15FO4S/c1-10-3-8-15(17-14(19)9-11(2)16(10)17)22-23(20,21)13-6-4-12(18)5-7-13/h3-8,11H,9H2,1-2H3. The smallest absolute Gasteiger partial charge is 0.339 e. The predicted octanol–water partition coefficient (Wildman–Crippen LogP) is 3.59. The van der Waals surface area contributed by atoms with Crippen LogP contribution in [0.5, 0.6) is 5.75 Å². The van der Waals surface area contributed by atoms with Crippen LogP contribution in [0.3, 0.4) is 0 Å². The molecule has 0 aliphatic heterocycles. The van der Waals surface area contributed by atoms with Gasteiger partial charge in [-0.05, 0) is 54.3 Å². The van der Waals surface area contributed by atoms with Crippen LogP contribution in [-0.2, 0) is 10.1 Å². The maximum atomic E-state index is 12.9. The molecule has 2 aromatic carbocycles. The quantitative estimate of drug-likeness (QED) is 0.805. The lowest BCUT2D eigenvalue weighted by molar-refractivity contribution is 0.0989. The number of rotatable bonds is 3. The van der Waals surface area contributed by atoms with Crippen LogP contribution in [0.25, 0.3) is 0 Å². The van der Waals surface area contributed by atoms with E-state index in [0.29, 0.717) is 12.0 Å². The van der Waals surface area contributed by atoms with E-state index in [4.69, 9.17) is 4.18 Å². The topological polar surface area (TPSA) is 60.4 Å². The highest BCUT2D eigenvalue weighted by molar-refractivity contribution is 7.87. The molecule has 0 heterocycles. The van der Waals surface area contributed by atoms with Crippen molar-refractivity contribution in [3.05, 3.63) is 58.9 Å². The molecule has 23 heavy (non-hydrogen) atoms. The summed E-state index contributed by atoms with van der Waals surface area (Å²) in [5.41, 5.74) is 2.11. The van der Waals surface area contributed by atoms with Gasteiger partial charge in [-0.2, -0.15) is 8.42 Å². The number of hydrogen-bond donors (Lipinski definition) is 0. The number of fused-ring (bicyclic) bond motifs is 1. The van der Waals surface area contributed by atoms with E-state index in [1.165, 1.54) is 6.07 Å². The van der Waals surface area contributed by atoms with Gasteiger partial charge in [-0.3, -0.25) is 4.79 Å². The maximum Gasteiger partial charge on any atom is 0.339 e. The van der Waals surface area contributed by atoms with E-state index in [2.05, 4.69) is 0 Å². The maximum absolute atomic E-state index is 12.9. The molecule has 3 rings (SSSR count). The van der Waals surface area contributed by atoms with E-state index in [1.54, 1.807) is 6.07 Å². The second kappa shape index (κ2) is 5.45. The number of carbonyl (C=O) groups is 1. The Balaban J connectivity index is 2.05. The Hall–Kier alpha value is -2.21. The minimum atomic E-state index is -4.12. The highest BCUT2D eigenvalue weighted by atomic mass is 32.2. The van der Waals surface area contributed by atoms with E-state index in [1.807, 2.05) is 13.8 Å². The average molecular weight is 334 g/mol. The molecular formula is C17H15FO4S. The van der Waals surface area contributed by atoms with Gasteiger partial charge in [0.2, 0.25) is 0 Å². The van der Waals surface area contributed by atoms with Crippen molar-refractivity contribution >= 4 is 15.9 Å². The van der Waals surface area contributed by atoms with Gasteiger partial charge in [-0.25, -0.2) is 4.39 Å². The van der Waals surface area contributed by atoms with Crippen molar-refractivity contribution < 1.29 is 21.8 Å². The molecule has 0 aromatic heterocycles. The van der Waals surface area contributed by atoms with E-state index >= 15 is 0 Å². The summed E-state index contributed by atoms with van der Waals surface area (Å²) >= 11 is 0. The molecule has 0 radical (unpaired) electrons. The third-order valence-corrected chi connectivity index (χ3v) is 5.24. The van der Waals surface area contributed by atoms with Crippen molar-refractivity contribution in [3.8, 4) is 5.75 Å². The molecular weight excluding hydrogens is 319 g/mol. The molecule has 0 saturated carbocycles. The molecule has 4 nitrogen and oxygen atoms in total. The number of halogens is 1. The number of Topliss-reactive ketones (excluding diaryl/α,β-unsaturated/α-hetero) is 1. The molecule has 0 amide bonds. The number of hydrogen-bond acceptors (Lipinski definition) is 4. The molecule has 0 spiro atoms. The lowest BCUT2D eigenvalue weighted by Gasteiger charge is -2.13. The third-order valence-electron chi connectivity index (χ3n) is 3.99. The van der Waals surface area contributed by atoms with E-state index in [-0.39, 0.29) is 22.3 Å². The van der Waals surface area contributed by atoms with Crippen LogP contribution in [0.4, 0.5) is 4.39 Å². The number of aryl methyl sites for hydroxylation is 1. The molecule has 1 unspecified atom stereocenters. The fourth-order valence-electron chi connectivity index (χ4n) is 2.95. The van der Waals surface area contributed by atoms with Crippen molar-refractivity contribution in [3.63, 3.8) is 0 Å². The van der Waals surface area contributed by atoms with E-state index < -0.39 is 15.9 Å². The summed E-state index contributed by atoms with van der Waals surface area (Å²) in [6, 6.07) is 7.58. The number of ketones is 1. The Bertz CT molecular complexity index is 886. The minimum absolute atomic E-state index is 0.0317. The molecule has 0 fully saturated rings. The molecule has 120 valence electrons. The van der Waals surface area contributed by atoms with Crippen LogP contribution in [-0.4, -0.2) is 14.2 Å². The van der Waals surface area contributed by atoms with Crippen LogP contribution in [0.2, 0.25) is 0 Å². The summed E-state index contributed by atoms with van der Waals surface area (Å²) in [6.45, 7) is 3.81. The summed E-state index contributed by atoms with van der Waals surface area (Å²) in [4.78, 5) is 12.0. The van der Waals surface area contributed by atoms with Crippen LogP contribution in [0.1, 0.15) is 40.7 Å². The first-order valence-corrected chi connectivity index (χ1v) is 8.57. The summed E-state index contributed by atoms with van der Waals surface area (Å²) in [7, 11) is -4.12. The van der Waals surface area contributed by atoms with E-state index in [0.717, 1.165) is 35.4 Å². The van der Waals surface area contributed by atoms with Crippen LogP contribution >= 0.6 is 0 Å². The Morgan fingerprint density at radius 1 is 1.13 bits per heavy atom. The molecule has 1 aliphatic rings. The van der Waals surface area contributed by atoms with Crippen LogP contribution < -0.4 is 4.18 Å². The summed E-state index contributed by atoms with van der Waals surface area (Å²) < 4.78 is 42.8. The van der Waals surface area contributed by atoms with Crippen LogP contribution in [0, 0.1) is 12.7 Å². The predicted molar refractivity (Wildman–Crippen MR) is 82.8 cm³/mol. The molecule has 0 saturated heterocycles. The van der Waals surface area contributed by atoms with Gasteiger partial charge in [0.05, 0.1) is 5.56 Å². The van der Waals surface area contributed by atoms with Gasteiger partial charge in [0, 0.05) is 6.42 Å². The van der Waals surface area contributed by atoms with Gasteiger partial charge in [0.25, 0.3) is 0 Å². The SMILES string of the molecule is Cc1ccc(OS(=O)(=O)c2ccc(F)cc2)c2c1C(C)CC2=O. The van der Waals surface area contributed by atoms with Crippen molar-refractivity contribution in [2.24, 2.45) is 0 Å². The number of benzene rings is 2. The Morgan fingerprint density at radius 3 is 2.43 bits per heavy atom. The average Bonchev–Trinajstić information content (AvgIpc) is 2.78. The second-order valence-electron chi connectivity index (χ2n) is 5.69. The summed E-state index contributed by atoms with van der Waals surface area (Å²) in [6.07, 6.45) is 0.340. The van der Waals surface area contributed by atoms with E-state index in [9.17, 15) is 17.6 Å². The first-order chi connectivity index (χ1) is 10.8. The van der Waals surface area contributed by atoms with Crippen molar-refractivity contribution in [1.29, 1.82) is 0 Å². The molecule has 6 heteroatoms. The third kappa shape index (κ3) is 2.74. The van der Waals surface area contributed by atoms with Gasteiger partial charge in [0.15, 0.2) is 11.5 Å². The molecule has 1 aliphatic carbocycles. The molecule has 1 atom stereocenters. The van der Waals surface area contributed by atoms with Crippen LogP contribution in [0.15, 0.2) is 41.3 Å². The largest absolute Gasteiger partial charge is 0.378 e. The first kappa shape index (κ1) is 15.7. The van der Waals surface area contributed by atoms with Gasteiger partial charge in [0.1, 0.15) is 10.7 Å². The Labute approximate surface area is 134 Å². The summed E-state index contributed by atoms with van der Waals surface area (Å²) in [5.74, 6) is -0.594. The zero-order valence-electron chi connectivity index (χ0n) is 12.7. The summed E-state index contributed by atoms with van der Waals surface area (Å²) in [5, 5.41) is 0. The van der Waals surface area contributed by atoms with Crippen molar-refractivity contribution in [1.82, 2.24) is 0 Å². The van der Waals surface area contributed by atoms with Gasteiger partial charge >= 0.3 is 10.1 Å². The molecule has 0 bridgehead atoms. The first-order valence-electron chi connectivity index (χ1n) is 7.16. The Kier molecular flexibility index (Phi) is 3.72. The van der Waals surface area contributed by atoms with Gasteiger partial charge in [-0.15, -0.1) is 0 Å². The highest BCUT2D eigenvalue weighted by Gasteiger charge is 2.32. The minimum Gasteiger partial charge on any atom is -0.378 e. The lowest BCUT2D eigenvalue weighted by Crippen LogP contribution is -2.12. The molecule has 2 aromatic rings. The number of carbonyl (C=O) groups excluding carboxylic acids is 1. The van der Waals surface area contributed by atoms with Gasteiger partial charge < -0.3 is 4.18 Å². The Morgan fingerprint density at radius 2 is 1.78 bits per heavy atom. The zero-order chi connectivity index (χ0) is 16.8. The zero-order valence-corrected chi connectivity index (χ0v) is 13.5. The molecule has 0 N–H and O–H groups in total. The van der Waals surface area contributed by atoms with Gasteiger partial charge in [-0.1, -0.05) is 13.0 Å². The van der Waals surface area contributed by atoms with Crippen molar-refractivity contribution in [2.75, 3.05) is 0 Å².